The third-order valence-corrected chi connectivity index (χ3v) is 3.87. The molecule has 0 unspecified atom stereocenters. The van der Waals surface area contributed by atoms with Crippen molar-refractivity contribution in [3.05, 3.63) is 0 Å². The van der Waals surface area contributed by atoms with Crippen LogP contribution in [0.15, 0.2) is 0 Å². The molecule has 7 nitrogen and oxygen atoms in total. The van der Waals surface area contributed by atoms with Crippen LogP contribution >= 0.6 is 0 Å². The van der Waals surface area contributed by atoms with Crippen LogP contribution in [0.4, 0.5) is 0 Å². The van der Waals surface area contributed by atoms with E-state index in [9.17, 15) is 0 Å². The van der Waals surface area contributed by atoms with Gasteiger partial charge in [-0.25, -0.2) is 0 Å². The van der Waals surface area contributed by atoms with E-state index in [4.69, 9.17) is 33.2 Å². The van der Waals surface area contributed by atoms with E-state index in [-0.39, 0.29) is 5.41 Å². The van der Waals surface area contributed by atoms with Gasteiger partial charge in [-0.15, -0.1) is 0 Å². The molecule has 136 valence electrons. The van der Waals surface area contributed by atoms with Crippen molar-refractivity contribution in [1.29, 1.82) is 0 Å². The van der Waals surface area contributed by atoms with Crippen LogP contribution in [-0.2, 0) is 33.2 Å². The molecule has 0 radical (unpaired) electrons. The van der Waals surface area contributed by atoms with Gasteiger partial charge in [0.25, 0.3) is 5.97 Å². The highest BCUT2D eigenvalue weighted by Crippen LogP contribution is 2.40. The van der Waals surface area contributed by atoms with E-state index in [0.29, 0.717) is 72.5 Å². The molecule has 0 aromatic carbocycles. The molecule has 3 fully saturated rings. The summed E-state index contributed by atoms with van der Waals surface area (Å²) in [7, 11) is 1.65. The van der Waals surface area contributed by atoms with Gasteiger partial charge in [-0.3, -0.25) is 0 Å². The quantitative estimate of drug-likeness (QED) is 0.469. The van der Waals surface area contributed by atoms with Crippen molar-refractivity contribution < 1.29 is 33.2 Å². The molecule has 0 aromatic heterocycles. The van der Waals surface area contributed by atoms with Gasteiger partial charge in [0.1, 0.15) is 0 Å². The second-order valence-electron chi connectivity index (χ2n) is 6.29. The summed E-state index contributed by atoms with van der Waals surface area (Å²) in [5.74, 6) is -0.836. The zero-order chi connectivity index (χ0) is 16.4. The lowest BCUT2D eigenvalue weighted by Gasteiger charge is -2.50. The standard InChI is InChI=1S/C16H30O7/c1-15-12-21-16(22-13-15,23-14-15)4-3-5-18-8-9-20-11-10-19-7-6-17-2/h3-14H2,1-2H3. The Balaban J connectivity index is 1.37. The smallest absolute Gasteiger partial charge is 0.283 e. The van der Waals surface area contributed by atoms with Gasteiger partial charge in [0.05, 0.1) is 59.5 Å². The molecule has 3 heterocycles. The minimum Gasteiger partial charge on any atom is -0.382 e. The van der Waals surface area contributed by atoms with Crippen molar-refractivity contribution in [1.82, 2.24) is 0 Å². The third kappa shape index (κ3) is 6.62. The summed E-state index contributed by atoms with van der Waals surface area (Å²) in [6, 6.07) is 0. The maximum absolute atomic E-state index is 5.72. The van der Waals surface area contributed by atoms with E-state index in [1.54, 1.807) is 7.11 Å². The summed E-state index contributed by atoms with van der Waals surface area (Å²) in [5.41, 5.74) is 0.0167. The second kappa shape index (κ2) is 9.88. The van der Waals surface area contributed by atoms with Gasteiger partial charge < -0.3 is 33.2 Å². The molecule has 23 heavy (non-hydrogen) atoms. The van der Waals surface area contributed by atoms with Crippen molar-refractivity contribution in [2.45, 2.75) is 25.7 Å². The lowest BCUT2D eigenvalue weighted by molar-refractivity contribution is -0.467. The van der Waals surface area contributed by atoms with Gasteiger partial charge in [0, 0.05) is 25.6 Å². The highest BCUT2D eigenvalue weighted by atomic mass is 16.9. The Kier molecular flexibility index (Phi) is 8.18. The number of hydrogen-bond acceptors (Lipinski definition) is 7. The normalized spacial score (nSPS) is 30.0. The van der Waals surface area contributed by atoms with Crippen LogP contribution in [0.25, 0.3) is 0 Å². The first-order chi connectivity index (χ1) is 11.2. The van der Waals surface area contributed by atoms with E-state index in [2.05, 4.69) is 6.92 Å². The Morgan fingerprint density at radius 2 is 1.22 bits per heavy atom. The number of rotatable bonds is 13. The number of methoxy groups -OCH3 is 1. The largest absolute Gasteiger partial charge is 0.382 e. The minimum absolute atomic E-state index is 0.0167. The molecule has 7 heteroatoms. The summed E-state index contributed by atoms with van der Waals surface area (Å²) in [4.78, 5) is 0. The average molecular weight is 334 g/mol. The summed E-state index contributed by atoms with van der Waals surface area (Å²) >= 11 is 0. The highest BCUT2D eigenvalue weighted by Gasteiger charge is 2.49. The molecule has 0 spiro atoms. The zero-order valence-electron chi connectivity index (χ0n) is 14.3. The zero-order valence-corrected chi connectivity index (χ0v) is 14.3. The molecule has 0 aliphatic carbocycles. The first-order valence-corrected chi connectivity index (χ1v) is 8.32. The maximum Gasteiger partial charge on any atom is 0.283 e. The van der Waals surface area contributed by atoms with Gasteiger partial charge in [0.2, 0.25) is 0 Å². The molecule has 0 N–H and O–H groups in total. The predicted molar refractivity (Wildman–Crippen MR) is 82.3 cm³/mol. The maximum atomic E-state index is 5.72. The third-order valence-electron chi connectivity index (χ3n) is 3.87. The van der Waals surface area contributed by atoms with Crippen molar-refractivity contribution in [3.8, 4) is 0 Å². The number of ether oxygens (including phenoxy) is 7. The average Bonchev–Trinajstić information content (AvgIpc) is 2.57. The lowest BCUT2D eigenvalue weighted by atomic mass is 9.91. The highest BCUT2D eigenvalue weighted by molar-refractivity contribution is 4.84. The Hall–Kier alpha value is -0.280. The van der Waals surface area contributed by atoms with E-state index in [1.807, 2.05) is 0 Å². The van der Waals surface area contributed by atoms with Crippen LogP contribution in [-0.4, -0.2) is 79.2 Å². The monoisotopic (exact) mass is 334 g/mol. The van der Waals surface area contributed by atoms with Crippen molar-refractivity contribution >= 4 is 0 Å². The Morgan fingerprint density at radius 3 is 1.74 bits per heavy atom. The van der Waals surface area contributed by atoms with Crippen LogP contribution in [0.1, 0.15) is 19.8 Å². The fraction of sp³-hybridized carbons (Fsp3) is 1.00. The van der Waals surface area contributed by atoms with E-state index in [1.165, 1.54) is 0 Å². The Bertz CT molecular complexity index is 299. The predicted octanol–water partition coefficient (Wildman–Crippen LogP) is 1.20. The molecule has 3 aliphatic heterocycles. The van der Waals surface area contributed by atoms with Gasteiger partial charge in [0.15, 0.2) is 0 Å². The SMILES string of the molecule is COCCOCCOCCOCCCC12OCC(C)(CO1)CO2. The molecule has 3 rings (SSSR count). The summed E-state index contributed by atoms with van der Waals surface area (Å²) in [6.45, 7) is 8.37. The number of fused-ring (bicyclic) bond motifs is 3. The first-order valence-electron chi connectivity index (χ1n) is 8.32. The van der Waals surface area contributed by atoms with E-state index in [0.717, 1.165) is 6.42 Å². The molecular weight excluding hydrogens is 304 g/mol. The first kappa shape index (κ1) is 19.1. The van der Waals surface area contributed by atoms with Crippen LogP contribution in [0, 0.1) is 5.41 Å². The topological polar surface area (TPSA) is 64.6 Å². The number of hydrogen-bond donors (Lipinski definition) is 0. The Morgan fingerprint density at radius 1 is 0.739 bits per heavy atom. The lowest BCUT2D eigenvalue weighted by Crippen LogP contribution is -2.58. The molecule has 0 saturated carbocycles. The van der Waals surface area contributed by atoms with Gasteiger partial charge in [-0.2, -0.15) is 0 Å². The summed E-state index contributed by atoms with van der Waals surface area (Å²) in [6.07, 6.45) is 1.52. The van der Waals surface area contributed by atoms with Crippen molar-refractivity contribution in [2.75, 3.05) is 73.2 Å². The minimum atomic E-state index is -0.836. The summed E-state index contributed by atoms with van der Waals surface area (Å²) in [5, 5.41) is 0. The van der Waals surface area contributed by atoms with E-state index >= 15 is 0 Å². The molecule has 2 bridgehead atoms. The molecular formula is C16H30O7. The summed E-state index contributed by atoms with van der Waals surface area (Å²) < 4.78 is 38.3. The van der Waals surface area contributed by atoms with Gasteiger partial charge >= 0.3 is 0 Å². The fourth-order valence-corrected chi connectivity index (χ4v) is 2.39. The Labute approximate surface area is 138 Å². The van der Waals surface area contributed by atoms with Crippen LogP contribution in [0.3, 0.4) is 0 Å². The van der Waals surface area contributed by atoms with Crippen molar-refractivity contribution in [2.24, 2.45) is 5.41 Å². The van der Waals surface area contributed by atoms with Crippen molar-refractivity contribution in [3.63, 3.8) is 0 Å². The van der Waals surface area contributed by atoms with Crippen LogP contribution < -0.4 is 0 Å². The molecule has 0 atom stereocenters. The van der Waals surface area contributed by atoms with Gasteiger partial charge in [-0.1, -0.05) is 6.92 Å². The van der Waals surface area contributed by atoms with E-state index < -0.39 is 5.97 Å². The van der Waals surface area contributed by atoms with Gasteiger partial charge in [-0.05, 0) is 6.42 Å². The molecule has 0 amide bonds. The fourth-order valence-electron chi connectivity index (χ4n) is 2.39. The molecule has 3 saturated heterocycles. The van der Waals surface area contributed by atoms with Crippen LogP contribution in [0.2, 0.25) is 0 Å². The second-order valence-corrected chi connectivity index (χ2v) is 6.29. The molecule has 3 aliphatic rings. The molecule has 0 aromatic rings. The van der Waals surface area contributed by atoms with Crippen LogP contribution in [0.5, 0.6) is 0 Å².